The number of halogens is 2. The molecular weight excluding hydrogens is 941 g/mol. The van der Waals surface area contributed by atoms with Crippen LogP contribution >= 0.6 is 0 Å². The molecule has 3 nitrogen and oxygen atoms in total. The number of pyridine rings is 3. The number of aryl methyl sites for hydroxylation is 1. The molecule has 0 aliphatic rings. The molecule has 0 aliphatic heterocycles. The van der Waals surface area contributed by atoms with Crippen LogP contribution in [0.3, 0.4) is 0 Å². The summed E-state index contributed by atoms with van der Waals surface area (Å²) < 4.78 is 115. The van der Waals surface area contributed by atoms with E-state index in [4.69, 9.17) is 15.1 Å². The van der Waals surface area contributed by atoms with Crippen LogP contribution < -0.4 is 10.4 Å². The Hall–Kier alpha value is -4.73. The average Bonchev–Trinajstić information content (AvgIpc) is 3.27. The van der Waals surface area contributed by atoms with Crippen LogP contribution in [0.5, 0.6) is 0 Å². The SMILES string of the molecule is C[Si](C)(C)c1ccc(-c2[c-]cc(F)cc2)nc1.[2H]c1[c-]c(-c2ccc([Si](C)(C)C)cn2)c([2H])c([2H])c1F.[2H]c1cc(C([2H])([2H])C(C)(C)C)cc([2H])c1-c1c(C([2H])([2H])[2H])cnc(-c2[c-]cccc2)c1[2H].[Ir+3]. The van der Waals surface area contributed by atoms with Gasteiger partial charge >= 0.3 is 20.1 Å². The second-order valence-corrected chi connectivity index (χ2v) is 26.7. The Bertz CT molecular complexity index is 2900. The number of aromatic nitrogens is 3. The first-order valence-electron chi connectivity index (χ1n) is 24.2. The quantitative estimate of drug-likeness (QED) is 0.118. The summed E-state index contributed by atoms with van der Waals surface area (Å²) in [5.41, 5.74) is 2.05. The minimum absolute atomic E-state index is 0. The molecule has 0 unspecified atom stereocenters. The van der Waals surface area contributed by atoms with Gasteiger partial charge < -0.3 is 15.0 Å². The summed E-state index contributed by atoms with van der Waals surface area (Å²) in [5.74, 6) is -1.29. The maximum atomic E-state index is 13.4. The van der Waals surface area contributed by atoms with Gasteiger partial charge in [-0.05, 0) is 69.7 Å². The van der Waals surface area contributed by atoms with Crippen molar-refractivity contribution in [2.24, 2.45) is 5.41 Å². The summed E-state index contributed by atoms with van der Waals surface area (Å²) in [6.45, 7) is 16.0. The van der Waals surface area contributed by atoms with Crippen molar-refractivity contribution >= 4 is 26.5 Å². The summed E-state index contributed by atoms with van der Waals surface area (Å²) in [5, 5.41) is 2.50. The zero-order valence-corrected chi connectivity index (χ0v) is 39.1. The molecule has 0 radical (unpaired) electrons. The Labute approximate surface area is 382 Å². The molecular formula is C51H54F2IrN3Si2. The third-order valence-corrected chi connectivity index (χ3v) is 12.5. The van der Waals surface area contributed by atoms with Gasteiger partial charge in [0.05, 0.1) is 20.3 Å². The topological polar surface area (TPSA) is 38.7 Å². The monoisotopic (exact) mass is 1010 g/mol. The van der Waals surface area contributed by atoms with Gasteiger partial charge in [-0.15, -0.1) is 95.5 Å². The third kappa shape index (κ3) is 14.2. The molecule has 0 spiro atoms. The summed E-state index contributed by atoms with van der Waals surface area (Å²) in [6, 6.07) is 28.1. The van der Waals surface area contributed by atoms with E-state index in [9.17, 15) is 8.78 Å². The predicted octanol–water partition coefficient (Wildman–Crippen LogP) is 12.6. The smallest absolute Gasteiger partial charge is 0.305 e. The van der Waals surface area contributed by atoms with Crippen molar-refractivity contribution in [3.05, 3.63) is 175 Å². The molecule has 0 fully saturated rings. The van der Waals surface area contributed by atoms with Gasteiger partial charge in [0.1, 0.15) is 0 Å². The Morgan fingerprint density at radius 2 is 1.27 bits per heavy atom. The van der Waals surface area contributed by atoms with Crippen LogP contribution in [0.4, 0.5) is 8.78 Å². The van der Waals surface area contributed by atoms with Gasteiger partial charge in [-0.25, -0.2) is 0 Å². The zero-order valence-electron chi connectivity index (χ0n) is 45.7. The van der Waals surface area contributed by atoms with E-state index < -0.39 is 52.7 Å². The molecule has 0 atom stereocenters. The van der Waals surface area contributed by atoms with Crippen LogP contribution in [-0.2, 0) is 26.5 Å². The molecule has 0 saturated heterocycles. The van der Waals surface area contributed by atoms with E-state index in [0.29, 0.717) is 11.3 Å². The van der Waals surface area contributed by atoms with Crippen molar-refractivity contribution in [3.8, 4) is 44.9 Å². The molecule has 8 heteroatoms. The number of rotatable bonds is 7. The fraction of sp³-hybridized carbons (Fsp3) is 0.235. The molecule has 3 aromatic heterocycles. The minimum Gasteiger partial charge on any atom is -0.305 e. The van der Waals surface area contributed by atoms with Gasteiger partial charge in [-0.1, -0.05) is 115 Å². The molecule has 3 heterocycles. The molecule has 59 heavy (non-hydrogen) atoms. The summed E-state index contributed by atoms with van der Waals surface area (Å²) in [6.07, 6.45) is 3.03. The first-order valence-corrected chi connectivity index (χ1v) is 25.7. The van der Waals surface area contributed by atoms with Gasteiger partial charge in [-0.2, -0.15) is 0 Å². The van der Waals surface area contributed by atoms with Gasteiger partial charge in [0.2, 0.25) is 0 Å². The predicted molar refractivity (Wildman–Crippen MR) is 245 cm³/mol. The summed E-state index contributed by atoms with van der Waals surface area (Å²) in [4.78, 5) is 12.9. The van der Waals surface area contributed by atoms with E-state index in [1.165, 1.54) is 34.6 Å². The van der Waals surface area contributed by atoms with E-state index in [2.05, 4.69) is 78.5 Å². The van der Waals surface area contributed by atoms with Crippen molar-refractivity contribution in [1.82, 2.24) is 15.0 Å². The second kappa shape index (κ2) is 20.5. The molecule has 7 aromatic rings. The molecule has 0 bridgehead atoms. The molecule has 0 amide bonds. The largest absolute Gasteiger partial charge is 3.00 e. The Balaban J connectivity index is 0.000000242. The van der Waals surface area contributed by atoms with Gasteiger partial charge in [0.15, 0.2) is 0 Å². The first-order chi connectivity index (χ1) is 31.8. The number of hydrogen-bond donors (Lipinski definition) is 0. The molecule has 7 rings (SSSR count). The fourth-order valence-electron chi connectivity index (χ4n) is 5.29. The molecule has 4 aromatic carbocycles. The number of nitrogens with zero attached hydrogens (tertiary/aromatic N) is 3. The van der Waals surface area contributed by atoms with Crippen LogP contribution in [0.15, 0.2) is 134 Å². The molecule has 304 valence electrons. The Kier molecular flexibility index (Phi) is 11.5. The van der Waals surface area contributed by atoms with E-state index in [1.807, 2.05) is 18.3 Å². The van der Waals surface area contributed by atoms with Crippen LogP contribution in [0.25, 0.3) is 44.9 Å². The Morgan fingerprint density at radius 3 is 1.78 bits per heavy atom. The average molecular weight is 1010 g/mol. The van der Waals surface area contributed by atoms with Gasteiger partial charge in [0, 0.05) is 39.8 Å². The maximum Gasteiger partial charge on any atom is 3.00 e. The molecule has 0 saturated carbocycles. The summed E-state index contributed by atoms with van der Waals surface area (Å²) >= 11 is 0. The second-order valence-electron chi connectivity index (χ2n) is 16.6. The van der Waals surface area contributed by atoms with Gasteiger partial charge in [0.25, 0.3) is 0 Å². The van der Waals surface area contributed by atoms with E-state index in [-0.39, 0.29) is 83.6 Å². The van der Waals surface area contributed by atoms with Crippen molar-refractivity contribution in [3.63, 3.8) is 0 Å². The minimum atomic E-state index is -2.62. The van der Waals surface area contributed by atoms with Crippen LogP contribution in [0, 0.1) is 42.1 Å². The van der Waals surface area contributed by atoms with Crippen LogP contribution in [0.1, 0.15) is 47.0 Å². The van der Waals surface area contributed by atoms with E-state index >= 15 is 0 Å². The zero-order chi connectivity index (χ0) is 51.6. The third-order valence-electron chi connectivity index (χ3n) is 8.47. The Morgan fingerprint density at radius 1 is 0.661 bits per heavy atom. The van der Waals surface area contributed by atoms with Crippen molar-refractivity contribution in [2.75, 3.05) is 0 Å². The van der Waals surface area contributed by atoms with Crippen molar-refractivity contribution in [1.29, 1.82) is 0 Å². The maximum absolute atomic E-state index is 13.4. The van der Waals surface area contributed by atoms with E-state index in [1.54, 1.807) is 63.4 Å². The van der Waals surface area contributed by atoms with Crippen LogP contribution in [0.2, 0.25) is 39.3 Å². The van der Waals surface area contributed by atoms with Crippen LogP contribution in [-0.4, -0.2) is 31.1 Å². The van der Waals surface area contributed by atoms with Crippen molar-refractivity contribution in [2.45, 2.75) is 73.3 Å². The standard InChI is InChI=1S/C23H24N.2C14H15FNSi.Ir/c1-17-16-24-22(20-8-6-5-7-9-20)14-21(17)19-12-10-18(11-13-19)15-23(2,3)4;2*1-17(2,3)13-8-9-14(16-10-13)11-4-6-12(15)7-5-11;/h5-8,10-14,16H,15H2,1-4H3;2*4,6-10H,1-3H3;/q3*-1;+3/i1D3,12D,13D,14D,15D2;4D,6D,7D;;. The molecule has 0 N–H and O–H groups in total. The van der Waals surface area contributed by atoms with E-state index in [0.717, 1.165) is 17.5 Å². The summed E-state index contributed by atoms with van der Waals surface area (Å²) in [7, 11) is -2.75. The normalized spacial score (nSPS) is 14.5. The van der Waals surface area contributed by atoms with Crippen molar-refractivity contribution < 1.29 is 44.0 Å². The molecule has 0 aliphatic carbocycles. The number of hydrogen-bond acceptors (Lipinski definition) is 3. The van der Waals surface area contributed by atoms with Gasteiger partial charge in [-0.3, -0.25) is 8.78 Å². The first kappa shape index (κ1) is 33.0. The number of benzene rings is 4. The fourth-order valence-corrected chi connectivity index (χ4v) is 7.36.